The molecule has 0 aliphatic carbocycles. The van der Waals surface area contributed by atoms with E-state index in [0.717, 1.165) is 19.6 Å². The van der Waals surface area contributed by atoms with Gasteiger partial charge in [-0.15, -0.1) is 0 Å². The summed E-state index contributed by atoms with van der Waals surface area (Å²) in [5, 5.41) is 6.18. The molecule has 2 unspecified atom stereocenters. The maximum absolute atomic E-state index is 11.6. The van der Waals surface area contributed by atoms with Crippen molar-refractivity contribution in [3.8, 4) is 0 Å². The Kier molecular flexibility index (Phi) is 5.77. The van der Waals surface area contributed by atoms with Gasteiger partial charge in [0.25, 0.3) is 0 Å². The van der Waals surface area contributed by atoms with Crippen LogP contribution >= 0.6 is 0 Å². The minimum Gasteiger partial charge on any atom is -0.375 e. The molecule has 0 bridgehead atoms. The van der Waals surface area contributed by atoms with Crippen molar-refractivity contribution < 1.29 is 9.53 Å². The van der Waals surface area contributed by atoms with Gasteiger partial charge < -0.3 is 15.4 Å². The first-order valence-corrected chi connectivity index (χ1v) is 6.18. The Morgan fingerprint density at radius 3 is 2.81 bits per heavy atom. The van der Waals surface area contributed by atoms with Crippen molar-refractivity contribution in [3.63, 3.8) is 0 Å². The Bertz CT molecular complexity index is 213. The summed E-state index contributed by atoms with van der Waals surface area (Å²) in [6.07, 6.45) is 0.515. The highest BCUT2D eigenvalue weighted by Crippen LogP contribution is 2.08. The van der Waals surface area contributed by atoms with E-state index < -0.39 is 0 Å². The molecule has 1 rings (SSSR count). The van der Waals surface area contributed by atoms with Crippen LogP contribution in [0, 0.1) is 11.8 Å². The summed E-state index contributed by atoms with van der Waals surface area (Å²) in [5.41, 5.74) is 0. The Hall–Kier alpha value is -0.610. The van der Waals surface area contributed by atoms with E-state index in [1.54, 1.807) is 0 Å². The Morgan fingerprint density at radius 2 is 2.25 bits per heavy atom. The minimum absolute atomic E-state index is 0.0445. The standard InChI is InChI=1S/C12H24N2O2/c1-9(2)10(3)7-14-12(15)6-11-8-13-4-5-16-11/h9-11,13H,4-8H2,1-3H3,(H,14,15). The molecule has 4 nitrogen and oxygen atoms in total. The molecule has 0 aromatic heterocycles. The third-order valence-corrected chi connectivity index (χ3v) is 3.18. The number of morpholine rings is 1. The van der Waals surface area contributed by atoms with Gasteiger partial charge in [-0.05, 0) is 11.8 Å². The van der Waals surface area contributed by atoms with E-state index in [2.05, 4.69) is 31.4 Å². The molecule has 16 heavy (non-hydrogen) atoms. The van der Waals surface area contributed by atoms with Gasteiger partial charge in [-0.2, -0.15) is 0 Å². The molecule has 1 saturated heterocycles. The molecule has 4 heteroatoms. The highest BCUT2D eigenvalue weighted by atomic mass is 16.5. The second-order valence-corrected chi connectivity index (χ2v) is 4.93. The lowest BCUT2D eigenvalue weighted by atomic mass is 9.98. The van der Waals surface area contributed by atoms with Crippen molar-refractivity contribution in [1.29, 1.82) is 0 Å². The van der Waals surface area contributed by atoms with Crippen molar-refractivity contribution >= 4 is 5.91 Å². The largest absolute Gasteiger partial charge is 0.375 e. The van der Waals surface area contributed by atoms with E-state index in [1.807, 2.05) is 0 Å². The number of ether oxygens (including phenoxy) is 1. The summed E-state index contributed by atoms with van der Waals surface area (Å²) >= 11 is 0. The molecule has 2 N–H and O–H groups in total. The zero-order valence-corrected chi connectivity index (χ0v) is 10.6. The Labute approximate surface area is 98.1 Å². The lowest BCUT2D eigenvalue weighted by molar-refractivity contribution is -0.124. The molecular formula is C12H24N2O2. The van der Waals surface area contributed by atoms with E-state index in [0.29, 0.717) is 24.9 Å². The van der Waals surface area contributed by atoms with Crippen LogP contribution in [0.2, 0.25) is 0 Å². The normalized spacial score (nSPS) is 23.1. The molecule has 1 heterocycles. The number of amides is 1. The quantitative estimate of drug-likeness (QED) is 0.731. The van der Waals surface area contributed by atoms with Crippen molar-refractivity contribution in [2.24, 2.45) is 11.8 Å². The van der Waals surface area contributed by atoms with E-state index in [4.69, 9.17) is 4.74 Å². The van der Waals surface area contributed by atoms with Gasteiger partial charge in [0.2, 0.25) is 5.91 Å². The fourth-order valence-corrected chi connectivity index (χ4v) is 1.54. The first-order chi connectivity index (χ1) is 7.59. The summed E-state index contributed by atoms with van der Waals surface area (Å²) in [6.45, 7) is 9.65. The SMILES string of the molecule is CC(C)C(C)CNC(=O)CC1CNCCO1. The van der Waals surface area contributed by atoms with Crippen LogP contribution in [0.25, 0.3) is 0 Å². The molecule has 1 fully saturated rings. The van der Waals surface area contributed by atoms with Crippen LogP contribution in [0.3, 0.4) is 0 Å². The lowest BCUT2D eigenvalue weighted by Crippen LogP contribution is -2.42. The lowest BCUT2D eigenvalue weighted by Gasteiger charge is -2.23. The molecule has 94 valence electrons. The molecule has 0 aromatic rings. The second kappa shape index (κ2) is 6.86. The predicted molar refractivity (Wildman–Crippen MR) is 64.2 cm³/mol. The molecule has 0 radical (unpaired) electrons. The average Bonchev–Trinajstić information content (AvgIpc) is 2.27. The van der Waals surface area contributed by atoms with Crippen LogP contribution in [0.1, 0.15) is 27.2 Å². The zero-order chi connectivity index (χ0) is 12.0. The van der Waals surface area contributed by atoms with Crippen molar-refractivity contribution in [2.75, 3.05) is 26.2 Å². The van der Waals surface area contributed by atoms with Crippen LogP contribution in [0.5, 0.6) is 0 Å². The van der Waals surface area contributed by atoms with Gasteiger partial charge in [-0.25, -0.2) is 0 Å². The van der Waals surface area contributed by atoms with Crippen LogP contribution < -0.4 is 10.6 Å². The zero-order valence-electron chi connectivity index (χ0n) is 10.6. The van der Waals surface area contributed by atoms with Crippen LogP contribution in [0.4, 0.5) is 0 Å². The van der Waals surface area contributed by atoms with Gasteiger partial charge >= 0.3 is 0 Å². The van der Waals surface area contributed by atoms with E-state index in [1.165, 1.54) is 0 Å². The predicted octanol–water partition coefficient (Wildman–Crippen LogP) is 0.773. The number of hydrogen-bond donors (Lipinski definition) is 2. The molecule has 2 atom stereocenters. The van der Waals surface area contributed by atoms with E-state index in [-0.39, 0.29) is 12.0 Å². The second-order valence-electron chi connectivity index (χ2n) is 4.93. The maximum atomic E-state index is 11.6. The van der Waals surface area contributed by atoms with Gasteiger partial charge in [0, 0.05) is 19.6 Å². The maximum Gasteiger partial charge on any atom is 0.222 e. The van der Waals surface area contributed by atoms with Gasteiger partial charge in [0.05, 0.1) is 19.1 Å². The number of hydrogen-bond acceptors (Lipinski definition) is 3. The Balaban J connectivity index is 2.14. The minimum atomic E-state index is 0.0445. The third-order valence-electron chi connectivity index (χ3n) is 3.18. The van der Waals surface area contributed by atoms with E-state index in [9.17, 15) is 4.79 Å². The molecule has 1 aliphatic heterocycles. The van der Waals surface area contributed by atoms with Crippen LogP contribution in [-0.4, -0.2) is 38.3 Å². The summed E-state index contributed by atoms with van der Waals surface area (Å²) < 4.78 is 5.48. The third kappa shape index (κ3) is 4.94. The molecule has 0 aromatic carbocycles. The summed E-state index contributed by atoms with van der Waals surface area (Å²) in [6, 6.07) is 0. The van der Waals surface area contributed by atoms with Gasteiger partial charge in [-0.3, -0.25) is 4.79 Å². The first-order valence-electron chi connectivity index (χ1n) is 6.18. The highest BCUT2D eigenvalue weighted by molar-refractivity contribution is 5.76. The summed E-state index contributed by atoms with van der Waals surface area (Å²) in [5.74, 6) is 1.23. The first kappa shape index (κ1) is 13.5. The smallest absolute Gasteiger partial charge is 0.222 e. The number of rotatable bonds is 5. The topological polar surface area (TPSA) is 50.4 Å². The van der Waals surface area contributed by atoms with E-state index >= 15 is 0 Å². The number of carbonyl (C=O) groups excluding carboxylic acids is 1. The van der Waals surface area contributed by atoms with Crippen molar-refractivity contribution in [3.05, 3.63) is 0 Å². The van der Waals surface area contributed by atoms with Crippen molar-refractivity contribution in [1.82, 2.24) is 10.6 Å². The molecule has 0 saturated carbocycles. The monoisotopic (exact) mass is 228 g/mol. The Morgan fingerprint density at radius 1 is 1.50 bits per heavy atom. The van der Waals surface area contributed by atoms with Gasteiger partial charge in [0.15, 0.2) is 0 Å². The summed E-state index contributed by atoms with van der Waals surface area (Å²) in [4.78, 5) is 11.6. The van der Waals surface area contributed by atoms with Gasteiger partial charge in [-0.1, -0.05) is 20.8 Å². The fraction of sp³-hybridized carbons (Fsp3) is 0.917. The number of carbonyl (C=O) groups is 1. The number of nitrogens with one attached hydrogen (secondary N) is 2. The fourth-order valence-electron chi connectivity index (χ4n) is 1.54. The average molecular weight is 228 g/mol. The molecule has 1 aliphatic rings. The molecule has 0 spiro atoms. The van der Waals surface area contributed by atoms with Crippen molar-refractivity contribution in [2.45, 2.75) is 33.3 Å². The molecular weight excluding hydrogens is 204 g/mol. The van der Waals surface area contributed by atoms with Gasteiger partial charge in [0.1, 0.15) is 0 Å². The summed E-state index contributed by atoms with van der Waals surface area (Å²) in [7, 11) is 0. The highest BCUT2D eigenvalue weighted by Gasteiger charge is 2.17. The molecule has 1 amide bonds. The van der Waals surface area contributed by atoms with Crippen LogP contribution in [0.15, 0.2) is 0 Å². The van der Waals surface area contributed by atoms with Crippen LogP contribution in [-0.2, 0) is 9.53 Å².